The lowest BCUT2D eigenvalue weighted by Crippen LogP contribution is -2.01. The Morgan fingerprint density at radius 3 is 2.65 bits per heavy atom. The van der Waals surface area contributed by atoms with E-state index in [4.69, 9.17) is 9.47 Å². The molecule has 114 valence electrons. The zero-order chi connectivity index (χ0) is 15.7. The third-order valence-corrected chi connectivity index (χ3v) is 4.92. The van der Waals surface area contributed by atoms with Crippen LogP contribution in [0.4, 0.5) is 0 Å². The smallest absolute Gasteiger partial charge is 0.347 e. The monoisotopic (exact) mass is 307 g/mol. The predicted octanol–water partition coefficient (Wildman–Crippen LogP) is 3.13. The molecule has 0 bridgehead atoms. The van der Waals surface area contributed by atoms with Gasteiger partial charge in [-0.1, -0.05) is 6.07 Å². The Morgan fingerprint density at radius 1 is 1.04 bits per heavy atom. The Bertz CT molecular complexity index is 1040. The summed E-state index contributed by atoms with van der Waals surface area (Å²) in [5.41, 5.74) is 4.78. The topological polar surface area (TPSA) is 68.4 Å². The number of aromatic amines is 1. The highest BCUT2D eigenvalue weighted by Gasteiger charge is 2.39. The first-order chi connectivity index (χ1) is 11.2. The van der Waals surface area contributed by atoms with Crippen molar-refractivity contribution in [1.82, 2.24) is 4.98 Å². The van der Waals surface area contributed by atoms with E-state index in [0.717, 1.165) is 52.2 Å². The number of rotatable bonds is 1. The Morgan fingerprint density at radius 2 is 1.83 bits per heavy atom. The number of aromatic nitrogens is 1. The molecule has 5 nitrogen and oxygen atoms in total. The van der Waals surface area contributed by atoms with E-state index < -0.39 is 11.9 Å². The normalized spacial score (nSPS) is 16.0. The van der Waals surface area contributed by atoms with Crippen LogP contribution in [0.1, 0.15) is 38.3 Å². The van der Waals surface area contributed by atoms with Gasteiger partial charge in [0.05, 0.1) is 34.7 Å². The van der Waals surface area contributed by atoms with Gasteiger partial charge < -0.3 is 14.5 Å². The molecule has 0 spiro atoms. The number of esters is 2. The van der Waals surface area contributed by atoms with E-state index in [1.54, 1.807) is 7.11 Å². The largest absolute Gasteiger partial charge is 0.496 e. The molecule has 23 heavy (non-hydrogen) atoms. The summed E-state index contributed by atoms with van der Waals surface area (Å²) in [4.78, 5) is 28.0. The number of cyclic esters (lactones) is 2. The first-order valence-electron chi connectivity index (χ1n) is 7.63. The zero-order valence-electron chi connectivity index (χ0n) is 12.5. The van der Waals surface area contributed by atoms with Gasteiger partial charge in [-0.2, -0.15) is 0 Å². The van der Waals surface area contributed by atoms with E-state index in [1.165, 1.54) is 0 Å². The Balaban J connectivity index is 2.10. The number of fused-ring (bicyclic) bond motifs is 8. The van der Waals surface area contributed by atoms with Crippen molar-refractivity contribution in [3.63, 3.8) is 0 Å². The fraction of sp³-hybridized carbons (Fsp3) is 0.222. The molecule has 2 heterocycles. The van der Waals surface area contributed by atoms with Gasteiger partial charge in [0, 0.05) is 5.39 Å². The second kappa shape index (κ2) is 4.13. The minimum atomic E-state index is -0.559. The van der Waals surface area contributed by atoms with Crippen molar-refractivity contribution in [1.29, 1.82) is 0 Å². The molecule has 2 aliphatic rings. The van der Waals surface area contributed by atoms with Crippen LogP contribution in [0, 0.1) is 0 Å². The van der Waals surface area contributed by atoms with Crippen LogP contribution in [0.15, 0.2) is 18.2 Å². The number of methoxy groups -OCH3 is 1. The van der Waals surface area contributed by atoms with Crippen molar-refractivity contribution in [3.05, 3.63) is 40.5 Å². The number of aryl methyl sites for hydroxylation is 1. The summed E-state index contributed by atoms with van der Waals surface area (Å²) in [5, 5.41) is 1.59. The number of carbonyl (C=O) groups excluding carboxylic acids is 2. The van der Waals surface area contributed by atoms with Gasteiger partial charge in [0.1, 0.15) is 5.75 Å². The summed E-state index contributed by atoms with van der Waals surface area (Å²) in [5.74, 6) is -0.396. The van der Waals surface area contributed by atoms with Gasteiger partial charge in [-0.25, -0.2) is 9.59 Å². The molecule has 0 saturated carbocycles. The molecule has 2 aromatic carbocycles. The average molecular weight is 307 g/mol. The Kier molecular flexibility index (Phi) is 2.28. The van der Waals surface area contributed by atoms with Gasteiger partial charge in [0.15, 0.2) is 0 Å². The summed E-state index contributed by atoms with van der Waals surface area (Å²) in [6, 6.07) is 5.71. The van der Waals surface area contributed by atoms with Crippen LogP contribution in [0.3, 0.4) is 0 Å². The van der Waals surface area contributed by atoms with Gasteiger partial charge in [-0.3, -0.25) is 0 Å². The second-order valence-electron chi connectivity index (χ2n) is 6.00. The minimum absolute atomic E-state index is 0.390. The molecule has 1 N–H and O–H groups in total. The Hall–Kier alpha value is -2.82. The molecule has 0 saturated heterocycles. The standard InChI is InChI=1S/C18H13NO4/c1-22-11-7-3-6-10-13(11)14-15-12(17(20)23-18(15)21)8-4-2-5-9(8)16(14)19-10/h3,6-7,19H,2,4-5H2,1H3. The SMILES string of the molecule is COc1cccc2[nH]c3c4c(c5c(c3c12)C(=O)OC5=O)CCC4. The lowest BCUT2D eigenvalue weighted by atomic mass is 9.93. The van der Waals surface area contributed by atoms with Crippen LogP contribution in [0.2, 0.25) is 0 Å². The molecule has 3 aromatic rings. The molecular weight excluding hydrogens is 294 g/mol. The quantitative estimate of drug-likeness (QED) is 0.554. The van der Waals surface area contributed by atoms with E-state index in [2.05, 4.69) is 4.98 Å². The maximum absolute atomic E-state index is 12.3. The number of carbonyl (C=O) groups is 2. The van der Waals surface area contributed by atoms with Gasteiger partial charge in [0.2, 0.25) is 0 Å². The summed E-state index contributed by atoms with van der Waals surface area (Å²) in [6.45, 7) is 0. The van der Waals surface area contributed by atoms with Crippen LogP contribution >= 0.6 is 0 Å². The van der Waals surface area contributed by atoms with E-state index in [1.807, 2.05) is 18.2 Å². The molecule has 5 rings (SSSR count). The molecule has 0 unspecified atom stereocenters. The second-order valence-corrected chi connectivity index (χ2v) is 6.00. The van der Waals surface area contributed by atoms with Crippen molar-refractivity contribution in [3.8, 4) is 5.75 Å². The molecule has 0 fully saturated rings. The molecule has 1 aliphatic carbocycles. The first kappa shape index (κ1) is 12.7. The van der Waals surface area contributed by atoms with E-state index in [9.17, 15) is 9.59 Å². The van der Waals surface area contributed by atoms with Crippen LogP contribution in [-0.2, 0) is 17.6 Å². The number of hydrogen-bond donors (Lipinski definition) is 1. The van der Waals surface area contributed by atoms with E-state index >= 15 is 0 Å². The molecule has 1 aromatic heterocycles. The van der Waals surface area contributed by atoms with E-state index in [0.29, 0.717) is 16.9 Å². The highest BCUT2D eigenvalue weighted by atomic mass is 16.6. The van der Waals surface area contributed by atoms with Gasteiger partial charge in [-0.05, 0) is 42.5 Å². The maximum Gasteiger partial charge on any atom is 0.347 e. The summed E-state index contributed by atoms with van der Waals surface area (Å²) >= 11 is 0. The highest BCUT2D eigenvalue weighted by Crippen LogP contribution is 2.44. The van der Waals surface area contributed by atoms with Crippen molar-refractivity contribution < 1.29 is 19.1 Å². The number of ether oxygens (including phenoxy) is 2. The Labute approximate surface area is 131 Å². The van der Waals surface area contributed by atoms with Crippen molar-refractivity contribution in [2.45, 2.75) is 19.3 Å². The van der Waals surface area contributed by atoms with Crippen LogP contribution < -0.4 is 4.74 Å². The average Bonchev–Trinajstić information content (AvgIpc) is 3.22. The van der Waals surface area contributed by atoms with Crippen molar-refractivity contribution >= 4 is 33.7 Å². The van der Waals surface area contributed by atoms with Crippen molar-refractivity contribution in [2.24, 2.45) is 0 Å². The fourth-order valence-electron chi connectivity index (χ4n) is 4.05. The number of hydrogen-bond acceptors (Lipinski definition) is 4. The van der Waals surface area contributed by atoms with Crippen molar-refractivity contribution in [2.75, 3.05) is 7.11 Å². The maximum atomic E-state index is 12.3. The molecule has 0 amide bonds. The lowest BCUT2D eigenvalue weighted by molar-refractivity contribution is 0.0444. The minimum Gasteiger partial charge on any atom is -0.496 e. The van der Waals surface area contributed by atoms with Gasteiger partial charge >= 0.3 is 11.9 Å². The molecular formula is C18H13NO4. The molecule has 0 radical (unpaired) electrons. The highest BCUT2D eigenvalue weighted by molar-refractivity contribution is 6.28. The molecule has 0 atom stereocenters. The third-order valence-electron chi connectivity index (χ3n) is 4.92. The summed E-state index contributed by atoms with van der Waals surface area (Å²) in [7, 11) is 1.60. The molecule has 5 heteroatoms. The fourth-order valence-corrected chi connectivity index (χ4v) is 4.05. The third kappa shape index (κ3) is 1.42. The van der Waals surface area contributed by atoms with Crippen LogP contribution in [0.5, 0.6) is 5.75 Å². The molecule has 1 aliphatic heterocycles. The predicted molar refractivity (Wildman–Crippen MR) is 84.1 cm³/mol. The number of H-pyrrole nitrogens is 1. The van der Waals surface area contributed by atoms with Crippen LogP contribution in [-0.4, -0.2) is 24.0 Å². The summed E-state index contributed by atoms with van der Waals surface area (Å²) < 4.78 is 10.4. The van der Waals surface area contributed by atoms with Crippen LogP contribution in [0.25, 0.3) is 21.8 Å². The van der Waals surface area contributed by atoms with Gasteiger partial charge in [0.25, 0.3) is 0 Å². The zero-order valence-corrected chi connectivity index (χ0v) is 12.5. The van der Waals surface area contributed by atoms with Gasteiger partial charge in [-0.15, -0.1) is 0 Å². The first-order valence-corrected chi connectivity index (χ1v) is 7.63. The van der Waals surface area contributed by atoms with E-state index in [-0.39, 0.29) is 0 Å². The lowest BCUT2D eigenvalue weighted by Gasteiger charge is -2.07. The number of nitrogens with one attached hydrogen (secondary N) is 1. The number of benzene rings is 2. The summed E-state index contributed by atoms with van der Waals surface area (Å²) in [6.07, 6.45) is 2.69.